The van der Waals surface area contributed by atoms with E-state index in [0.29, 0.717) is 6.54 Å². The van der Waals surface area contributed by atoms with Crippen molar-refractivity contribution in [3.63, 3.8) is 0 Å². The Labute approximate surface area is 153 Å². The molecule has 134 valence electrons. The minimum Gasteiger partial charge on any atom is -0.445 e. The average molecular weight is 350 g/mol. The van der Waals surface area contributed by atoms with Crippen LogP contribution in [0.15, 0.2) is 66.7 Å². The molecule has 0 saturated carbocycles. The quantitative estimate of drug-likeness (QED) is 0.839. The lowest BCUT2D eigenvalue weighted by Gasteiger charge is -2.24. The van der Waals surface area contributed by atoms with Crippen molar-refractivity contribution in [3.8, 4) is 0 Å². The summed E-state index contributed by atoms with van der Waals surface area (Å²) in [5, 5.41) is 2.79. The van der Waals surface area contributed by atoms with Gasteiger partial charge in [0.15, 0.2) is 0 Å². The van der Waals surface area contributed by atoms with Crippen LogP contribution in [-0.2, 0) is 16.1 Å². The highest BCUT2D eigenvalue weighted by Crippen LogP contribution is 2.16. The van der Waals surface area contributed by atoms with E-state index in [2.05, 4.69) is 5.32 Å². The van der Waals surface area contributed by atoms with Crippen molar-refractivity contribution in [1.82, 2.24) is 10.2 Å². The van der Waals surface area contributed by atoms with Crippen LogP contribution < -0.4 is 5.32 Å². The topological polar surface area (TPSA) is 58.6 Å². The number of alkyl carbamates (subject to hydrolysis) is 1. The number of nitrogens with one attached hydrogen (secondary N) is 1. The van der Waals surface area contributed by atoms with Crippen LogP contribution in [0.2, 0.25) is 0 Å². The summed E-state index contributed by atoms with van der Waals surface area (Å²) in [6, 6.07) is 19.1. The van der Waals surface area contributed by atoms with Crippen molar-refractivity contribution in [2.45, 2.75) is 25.6 Å². The van der Waals surface area contributed by atoms with Crippen molar-refractivity contribution >= 4 is 18.1 Å². The minimum absolute atomic E-state index is 0.111. The molecule has 0 bridgehead atoms. The summed E-state index contributed by atoms with van der Waals surface area (Å²) in [5.74, 6) is -0.111. The predicted octanol–water partition coefficient (Wildman–Crippen LogP) is 3.57. The zero-order valence-corrected chi connectivity index (χ0v) is 14.5. The van der Waals surface area contributed by atoms with Gasteiger partial charge in [0.25, 0.3) is 0 Å². The van der Waals surface area contributed by atoms with Gasteiger partial charge in [0.05, 0.1) is 0 Å². The molecule has 1 aliphatic rings. The molecule has 5 nitrogen and oxygen atoms in total. The Hall–Kier alpha value is -3.08. The van der Waals surface area contributed by atoms with Gasteiger partial charge in [-0.1, -0.05) is 60.7 Å². The van der Waals surface area contributed by atoms with Gasteiger partial charge in [-0.05, 0) is 30.0 Å². The molecule has 2 aromatic rings. The Balaban J connectivity index is 1.51. The van der Waals surface area contributed by atoms with Crippen molar-refractivity contribution in [3.05, 3.63) is 77.9 Å². The smallest absolute Gasteiger partial charge is 0.409 e. The highest BCUT2D eigenvalue weighted by atomic mass is 16.5. The summed E-state index contributed by atoms with van der Waals surface area (Å²) < 4.78 is 5.24. The number of rotatable bonds is 5. The maximum atomic E-state index is 12.4. The SMILES string of the molecule is O=C(N[C@H]1CCCN1C(=O)/C=C\c1ccccc1)OCc1ccccc1. The van der Waals surface area contributed by atoms with E-state index in [9.17, 15) is 9.59 Å². The minimum atomic E-state index is -0.509. The molecule has 0 aromatic heterocycles. The lowest BCUT2D eigenvalue weighted by atomic mass is 10.2. The number of nitrogens with zero attached hydrogens (tertiary/aromatic N) is 1. The number of hydrogen-bond donors (Lipinski definition) is 1. The fourth-order valence-electron chi connectivity index (χ4n) is 2.91. The molecule has 3 rings (SSSR count). The van der Waals surface area contributed by atoms with Crippen molar-refractivity contribution in [1.29, 1.82) is 0 Å². The lowest BCUT2D eigenvalue weighted by Crippen LogP contribution is -2.46. The zero-order chi connectivity index (χ0) is 18.2. The van der Waals surface area contributed by atoms with E-state index in [0.717, 1.165) is 24.0 Å². The Bertz CT molecular complexity index is 759. The molecule has 1 saturated heterocycles. The highest BCUT2D eigenvalue weighted by Gasteiger charge is 2.29. The van der Waals surface area contributed by atoms with Gasteiger partial charge in [-0.25, -0.2) is 4.79 Å². The molecule has 26 heavy (non-hydrogen) atoms. The van der Waals surface area contributed by atoms with E-state index in [-0.39, 0.29) is 18.7 Å². The second-order valence-corrected chi connectivity index (χ2v) is 6.14. The number of carbonyl (C=O) groups excluding carboxylic acids is 2. The van der Waals surface area contributed by atoms with Crippen LogP contribution in [0.25, 0.3) is 6.08 Å². The fraction of sp³-hybridized carbons (Fsp3) is 0.238. The molecular formula is C21H22N2O3. The number of carbonyl (C=O) groups is 2. The number of ether oxygens (including phenoxy) is 1. The molecule has 0 radical (unpaired) electrons. The summed E-state index contributed by atoms with van der Waals surface area (Å²) in [5.41, 5.74) is 1.89. The molecule has 1 aliphatic heterocycles. The molecule has 2 aromatic carbocycles. The third kappa shape index (κ3) is 4.96. The first-order valence-corrected chi connectivity index (χ1v) is 8.73. The lowest BCUT2D eigenvalue weighted by molar-refractivity contribution is -0.127. The van der Waals surface area contributed by atoms with E-state index >= 15 is 0 Å². The first-order valence-electron chi connectivity index (χ1n) is 8.73. The van der Waals surface area contributed by atoms with Gasteiger partial charge >= 0.3 is 6.09 Å². The van der Waals surface area contributed by atoms with E-state index < -0.39 is 6.09 Å². The van der Waals surface area contributed by atoms with Crippen LogP contribution in [-0.4, -0.2) is 29.6 Å². The van der Waals surface area contributed by atoms with Crippen molar-refractivity contribution < 1.29 is 14.3 Å². The molecule has 1 atom stereocenters. The number of amides is 2. The first-order chi connectivity index (χ1) is 12.7. The average Bonchev–Trinajstić information content (AvgIpc) is 3.14. The molecule has 0 aliphatic carbocycles. The van der Waals surface area contributed by atoms with Crippen LogP contribution >= 0.6 is 0 Å². The maximum Gasteiger partial charge on any atom is 0.409 e. The normalized spacial score (nSPS) is 16.6. The van der Waals surface area contributed by atoms with Crippen LogP contribution in [0.1, 0.15) is 24.0 Å². The molecule has 2 amide bonds. The van der Waals surface area contributed by atoms with Gasteiger partial charge in [-0.2, -0.15) is 0 Å². The largest absolute Gasteiger partial charge is 0.445 e. The van der Waals surface area contributed by atoms with Crippen LogP contribution in [0.3, 0.4) is 0 Å². The number of likely N-dealkylation sites (tertiary alicyclic amines) is 1. The molecule has 0 spiro atoms. The fourth-order valence-corrected chi connectivity index (χ4v) is 2.91. The standard InChI is InChI=1S/C21H22N2O3/c24-20(14-13-17-8-3-1-4-9-17)23-15-7-12-19(23)22-21(25)26-16-18-10-5-2-6-11-18/h1-6,8-11,13-14,19H,7,12,15-16H2,(H,22,25)/b14-13-/t19-/m1/s1. The second kappa shape index (κ2) is 8.85. The first kappa shape index (κ1) is 17.7. The van der Waals surface area contributed by atoms with Crippen molar-refractivity contribution in [2.75, 3.05) is 6.54 Å². The summed E-state index contributed by atoms with van der Waals surface area (Å²) >= 11 is 0. The monoisotopic (exact) mass is 350 g/mol. The number of hydrogen-bond acceptors (Lipinski definition) is 3. The Morgan fingerprint density at radius 1 is 1.08 bits per heavy atom. The predicted molar refractivity (Wildman–Crippen MR) is 100.0 cm³/mol. The van der Waals surface area contributed by atoms with E-state index in [1.165, 1.54) is 0 Å². The van der Waals surface area contributed by atoms with Gasteiger partial charge in [0, 0.05) is 12.6 Å². The van der Waals surface area contributed by atoms with E-state index in [1.807, 2.05) is 60.7 Å². The third-order valence-electron chi connectivity index (χ3n) is 4.25. The Morgan fingerprint density at radius 3 is 2.50 bits per heavy atom. The number of benzene rings is 2. The zero-order valence-electron chi connectivity index (χ0n) is 14.5. The van der Waals surface area contributed by atoms with E-state index in [4.69, 9.17) is 4.74 Å². The van der Waals surface area contributed by atoms with Gasteiger partial charge in [0.2, 0.25) is 5.91 Å². The van der Waals surface area contributed by atoms with Crippen LogP contribution in [0.5, 0.6) is 0 Å². The van der Waals surface area contributed by atoms with Crippen LogP contribution in [0.4, 0.5) is 4.79 Å². The molecule has 0 unspecified atom stereocenters. The molecular weight excluding hydrogens is 328 g/mol. The van der Waals surface area contributed by atoms with Crippen LogP contribution in [0, 0.1) is 0 Å². The van der Waals surface area contributed by atoms with Gasteiger partial charge < -0.3 is 15.0 Å². The highest BCUT2D eigenvalue weighted by molar-refractivity contribution is 5.92. The molecule has 1 N–H and O–H groups in total. The summed E-state index contributed by atoms with van der Waals surface area (Å²) in [6.45, 7) is 0.836. The summed E-state index contributed by atoms with van der Waals surface area (Å²) in [7, 11) is 0. The second-order valence-electron chi connectivity index (χ2n) is 6.14. The van der Waals surface area contributed by atoms with E-state index in [1.54, 1.807) is 17.1 Å². The molecule has 1 heterocycles. The van der Waals surface area contributed by atoms with Gasteiger partial charge in [0.1, 0.15) is 12.8 Å². The Kier molecular flexibility index (Phi) is 6.04. The summed E-state index contributed by atoms with van der Waals surface area (Å²) in [6.07, 6.45) is 4.08. The molecule has 1 fully saturated rings. The van der Waals surface area contributed by atoms with Gasteiger partial charge in [-0.15, -0.1) is 0 Å². The van der Waals surface area contributed by atoms with Gasteiger partial charge in [-0.3, -0.25) is 4.79 Å². The summed E-state index contributed by atoms with van der Waals surface area (Å²) in [4.78, 5) is 26.1. The third-order valence-corrected chi connectivity index (χ3v) is 4.25. The molecule has 5 heteroatoms. The van der Waals surface area contributed by atoms with Crippen molar-refractivity contribution in [2.24, 2.45) is 0 Å². The maximum absolute atomic E-state index is 12.4. The Morgan fingerprint density at radius 2 is 1.77 bits per heavy atom.